The second-order valence-electron chi connectivity index (χ2n) is 8.55. The molecule has 0 amide bonds. The average Bonchev–Trinajstić information content (AvgIpc) is 2.82. The molecule has 0 saturated heterocycles. The van der Waals surface area contributed by atoms with Crippen LogP contribution in [0, 0.1) is 5.92 Å². The number of carbonyl (C=O) groups is 1. The van der Waals surface area contributed by atoms with Crippen LogP contribution in [0.5, 0.6) is 11.5 Å². The van der Waals surface area contributed by atoms with E-state index < -0.39 is 0 Å². The molecule has 5 heteroatoms. The van der Waals surface area contributed by atoms with Crippen molar-refractivity contribution in [2.45, 2.75) is 91.4 Å². The second-order valence-corrected chi connectivity index (χ2v) is 8.55. The van der Waals surface area contributed by atoms with Crippen LogP contribution < -0.4 is 9.47 Å². The molecular weight excluding hydrogens is 400 g/mol. The zero-order valence-electron chi connectivity index (χ0n) is 20.1. The molecule has 0 fully saturated rings. The van der Waals surface area contributed by atoms with Gasteiger partial charge in [0.15, 0.2) is 11.6 Å². The Balaban J connectivity index is 1.75. The fraction of sp³-hybridized carbons (Fsp3) is 0.593. The lowest BCUT2D eigenvalue weighted by Crippen LogP contribution is -2.17. The molecule has 0 spiro atoms. The van der Waals surface area contributed by atoms with E-state index in [-0.39, 0.29) is 11.9 Å². The predicted octanol–water partition coefficient (Wildman–Crippen LogP) is 7.39. The molecule has 2 rings (SSSR count). The summed E-state index contributed by atoms with van der Waals surface area (Å²) in [6.07, 6.45) is 16.4. The largest absolute Gasteiger partial charge is 0.490 e. The molecule has 1 aromatic heterocycles. The maximum absolute atomic E-state index is 12.3. The monoisotopic (exact) mass is 440 g/mol. The standard InChI is InChI=1S/C27H40N2O3/c1-4-6-8-10-11-13-19-31-25-20-28-26(29-21-25)23-15-17-24(18-16-23)32-27(30)22(3)14-12-9-7-5-2/h15-18,20-22H,4-14,19H2,1-3H3/t22-/m0/s1. The minimum Gasteiger partial charge on any atom is -0.490 e. The smallest absolute Gasteiger partial charge is 0.314 e. The number of hydrogen-bond donors (Lipinski definition) is 0. The minimum atomic E-state index is -0.169. The molecule has 176 valence electrons. The van der Waals surface area contributed by atoms with Crippen molar-refractivity contribution in [2.24, 2.45) is 5.92 Å². The van der Waals surface area contributed by atoms with E-state index in [4.69, 9.17) is 9.47 Å². The van der Waals surface area contributed by atoms with Gasteiger partial charge in [0.1, 0.15) is 5.75 Å². The molecule has 0 radical (unpaired) electrons. The number of nitrogens with zero attached hydrogens (tertiary/aromatic N) is 2. The van der Waals surface area contributed by atoms with Gasteiger partial charge in [0.05, 0.1) is 24.9 Å². The highest BCUT2D eigenvalue weighted by Crippen LogP contribution is 2.22. The van der Waals surface area contributed by atoms with Crippen LogP contribution in [-0.4, -0.2) is 22.5 Å². The summed E-state index contributed by atoms with van der Waals surface area (Å²) in [7, 11) is 0. The van der Waals surface area contributed by atoms with Gasteiger partial charge in [-0.05, 0) is 37.1 Å². The molecule has 32 heavy (non-hydrogen) atoms. The first-order valence-electron chi connectivity index (χ1n) is 12.4. The van der Waals surface area contributed by atoms with E-state index in [1.165, 1.54) is 51.4 Å². The highest BCUT2D eigenvalue weighted by Gasteiger charge is 2.15. The number of carbonyl (C=O) groups excluding carboxylic acids is 1. The van der Waals surface area contributed by atoms with Crippen LogP contribution in [-0.2, 0) is 4.79 Å². The number of aromatic nitrogens is 2. The molecule has 0 unspecified atom stereocenters. The Morgan fingerprint density at radius 2 is 1.41 bits per heavy atom. The normalized spacial score (nSPS) is 11.8. The number of benzene rings is 1. The summed E-state index contributed by atoms with van der Waals surface area (Å²) < 4.78 is 11.3. The van der Waals surface area contributed by atoms with Crippen LogP contribution in [0.2, 0.25) is 0 Å². The van der Waals surface area contributed by atoms with E-state index in [1.807, 2.05) is 19.1 Å². The number of ether oxygens (including phenoxy) is 2. The van der Waals surface area contributed by atoms with Gasteiger partial charge in [-0.15, -0.1) is 0 Å². The Hall–Kier alpha value is -2.43. The van der Waals surface area contributed by atoms with Crippen LogP contribution in [0.4, 0.5) is 0 Å². The van der Waals surface area contributed by atoms with Crippen molar-refractivity contribution in [3.63, 3.8) is 0 Å². The lowest BCUT2D eigenvalue weighted by Gasteiger charge is -2.11. The van der Waals surface area contributed by atoms with Crippen molar-refractivity contribution in [1.82, 2.24) is 9.97 Å². The summed E-state index contributed by atoms with van der Waals surface area (Å²) >= 11 is 0. The lowest BCUT2D eigenvalue weighted by molar-refractivity contribution is -0.138. The minimum absolute atomic E-state index is 0.0845. The zero-order valence-corrected chi connectivity index (χ0v) is 20.1. The highest BCUT2D eigenvalue weighted by atomic mass is 16.5. The van der Waals surface area contributed by atoms with Crippen molar-refractivity contribution in [1.29, 1.82) is 0 Å². The summed E-state index contributed by atoms with van der Waals surface area (Å²) in [4.78, 5) is 21.1. The molecule has 1 heterocycles. The van der Waals surface area contributed by atoms with Crippen molar-refractivity contribution < 1.29 is 14.3 Å². The quantitative estimate of drug-likeness (QED) is 0.155. The molecule has 0 aliphatic rings. The van der Waals surface area contributed by atoms with Gasteiger partial charge >= 0.3 is 5.97 Å². The Morgan fingerprint density at radius 1 is 0.812 bits per heavy atom. The van der Waals surface area contributed by atoms with Crippen molar-refractivity contribution >= 4 is 5.97 Å². The van der Waals surface area contributed by atoms with Gasteiger partial charge in [-0.2, -0.15) is 0 Å². The van der Waals surface area contributed by atoms with Gasteiger partial charge in [-0.1, -0.05) is 78.6 Å². The third-order valence-corrected chi connectivity index (χ3v) is 5.62. The number of rotatable bonds is 16. The van der Waals surface area contributed by atoms with Crippen LogP contribution in [0.15, 0.2) is 36.7 Å². The lowest BCUT2D eigenvalue weighted by atomic mass is 10.0. The van der Waals surface area contributed by atoms with Gasteiger partial charge in [0.25, 0.3) is 0 Å². The van der Waals surface area contributed by atoms with Crippen LogP contribution in [0.1, 0.15) is 91.4 Å². The fourth-order valence-electron chi connectivity index (χ4n) is 3.50. The summed E-state index contributed by atoms with van der Waals surface area (Å²) in [5.74, 6) is 1.62. The molecule has 1 aromatic carbocycles. The predicted molar refractivity (Wildman–Crippen MR) is 130 cm³/mol. The van der Waals surface area contributed by atoms with Crippen LogP contribution >= 0.6 is 0 Å². The molecule has 0 bridgehead atoms. The first-order chi connectivity index (χ1) is 15.6. The first-order valence-corrected chi connectivity index (χ1v) is 12.4. The topological polar surface area (TPSA) is 61.3 Å². The van der Waals surface area contributed by atoms with Gasteiger partial charge in [0.2, 0.25) is 0 Å². The summed E-state index contributed by atoms with van der Waals surface area (Å²) in [5, 5.41) is 0. The van der Waals surface area contributed by atoms with Gasteiger partial charge in [-0.25, -0.2) is 9.97 Å². The van der Waals surface area contributed by atoms with E-state index in [9.17, 15) is 4.79 Å². The third kappa shape index (κ3) is 9.80. The van der Waals surface area contributed by atoms with E-state index in [0.717, 1.165) is 24.8 Å². The summed E-state index contributed by atoms with van der Waals surface area (Å²) in [5.41, 5.74) is 0.875. The average molecular weight is 441 g/mol. The fourth-order valence-corrected chi connectivity index (χ4v) is 3.50. The van der Waals surface area contributed by atoms with Gasteiger partial charge in [-0.3, -0.25) is 4.79 Å². The molecule has 2 aromatic rings. The molecule has 1 atom stereocenters. The second kappa shape index (κ2) is 15.4. The molecule has 0 N–H and O–H groups in total. The summed E-state index contributed by atoms with van der Waals surface area (Å²) in [6, 6.07) is 7.34. The van der Waals surface area contributed by atoms with E-state index in [1.54, 1.807) is 24.5 Å². The van der Waals surface area contributed by atoms with E-state index in [0.29, 0.717) is 23.9 Å². The van der Waals surface area contributed by atoms with E-state index in [2.05, 4.69) is 23.8 Å². The number of esters is 1. The summed E-state index contributed by atoms with van der Waals surface area (Å²) in [6.45, 7) is 7.05. The van der Waals surface area contributed by atoms with Gasteiger partial charge < -0.3 is 9.47 Å². The van der Waals surface area contributed by atoms with Crippen molar-refractivity contribution in [3.8, 4) is 22.9 Å². The first kappa shape index (κ1) is 25.8. The molecule has 0 aliphatic heterocycles. The third-order valence-electron chi connectivity index (χ3n) is 5.62. The maximum atomic E-state index is 12.3. The Labute approximate surface area is 194 Å². The highest BCUT2D eigenvalue weighted by molar-refractivity contribution is 5.75. The molecule has 5 nitrogen and oxygen atoms in total. The Kier molecular flexibility index (Phi) is 12.4. The van der Waals surface area contributed by atoms with Gasteiger partial charge in [0, 0.05) is 5.56 Å². The SMILES string of the molecule is CCCCCCCCOc1cnc(-c2ccc(OC(=O)[C@@H](C)CCCCCC)cc2)nc1. The number of hydrogen-bond acceptors (Lipinski definition) is 5. The molecule has 0 aliphatic carbocycles. The zero-order chi connectivity index (χ0) is 23.0. The molecule has 0 saturated carbocycles. The van der Waals surface area contributed by atoms with Crippen molar-refractivity contribution in [3.05, 3.63) is 36.7 Å². The number of unbranched alkanes of at least 4 members (excludes halogenated alkanes) is 8. The van der Waals surface area contributed by atoms with E-state index >= 15 is 0 Å². The van der Waals surface area contributed by atoms with Crippen LogP contribution in [0.3, 0.4) is 0 Å². The maximum Gasteiger partial charge on any atom is 0.314 e. The van der Waals surface area contributed by atoms with Crippen LogP contribution in [0.25, 0.3) is 11.4 Å². The Morgan fingerprint density at radius 3 is 2.06 bits per heavy atom. The van der Waals surface area contributed by atoms with Crippen molar-refractivity contribution in [2.75, 3.05) is 6.61 Å². The molecular formula is C27H40N2O3. The Bertz CT molecular complexity index is 759.